The zero-order valence-electron chi connectivity index (χ0n) is 12.8. The zero-order chi connectivity index (χ0) is 15.9. The highest BCUT2D eigenvalue weighted by Crippen LogP contribution is 2.35. The molecule has 1 aliphatic heterocycles. The molecular weight excluding hydrogens is 300 g/mol. The van der Waals surface area contributed by atoms with Crippen LogP contribution >= 0.6 is 0 Å². The number of benzene rings is 1. The second-order valence-electron chi connectivity index (χ2n) is 6.14. The minimum Gasteiger partial charge on any atom is -0.321 e. The summed E-state index contributed by atoms with van der Waals surface area (Å²) in [7, 11) is -3.54. The van der Waals surface area contributed by atoms with Crippen LogP contribution in [0.2, 0.25) is 0 Å². The summed E-state index contributed by atoms with van der Waals surface area (Å²) >= 11 is 0. The van der Waals surface area contributed by atoms with Crippen LogP contribution in [-0.2, 0) is 14.8 Å². The van der Waals surface area contributed by atoms with Gasteiger partial charge < -0.3 is 5.32 Å². The third-order valence-electron chi connectivity index (χ3n) is 4.22. The van der Waals surface area contributed by atoms with Crippen molar-refractivity contribution in [1.29, 1.82) is 0 Å². The van der Waals surface area contributed by atoms with Crippen LogP contribution in [0.4, 0.5) is 5.69 Å². The van der Waals surface area contributed by atoms with E-state index in [2.05, 4.69) is 10.0 Å². The van der Waals surface area contributed by atoms with E-state index in [1.807, 2.05) is 13.8 Å². The second kappa shape index (κ2) is 5.52. The number of carbonyl (C=O) groups is 1. The van der Waals surface area contributed by atoms with Crippen LogP contribution in [0.15, 0.2) is 28.7 Å². The Bertz CT molecular complexity index is 756. The number of rotatable bonds is 3. The molecule has 1 saturated carbocycles. The molecule has 1 amide bonds. The maximum atomic E-state index is 12.5. The molecule has 1 fully saturated rings. The van der Waals surface area contributed by atoms with Crippen LogP contribution in [0.5, 0.6) is 0 Å². The standard InChI is InChI=1S/C16H20N2O3S/c1-10(2)15-13-9-12(7-8-14(13)17-16(15)19)22(20,21)18-11-5-3-4-6-11/h7-9,11,18H,3-6H2,1-2H3,(H,17,19). The molecule has 2 N–H and O–H groups in total. The van der Waals surface area contributed by atoms with Crippen LogP contribution in [0.1, 0.15) is 45.1 Å². The van der Waals surface area contributed by atoms with Crippen molar-refractivity contribution in [1.82, 2.24) is 4.72 Å². The van der Waals surface area contributed by atoms with Crippen molar-refractivity contribution in [3.8, 4) is 0 Å². The van der Waals surface area contributed by atoms with Gasteiger partial charge in [-0.05, 0) is 44.9 Å². The molecule has 0 bridgehead atoms. The van der Waals surface area contributed by atoms with E-state index in [-0.39, 0.29) is 16.8 Å². The zero-order valence-corrected chi connectivity index (χ0v) is 13.6. The molecular formula is C16H20N2O3S. The Balaban J connectivity index is 1.97. The molecule has 0 saturated heterocycles. The van der Waals surface area contributed by atoms with E-state index in [9.17, 15) is 13.2 Å². The van der Waals surface area contributed by atoms with Gasteiger partial charge in [-0.1, -0.05) is 18.4 Å². The first kappa shape index (κ1) is 15.2. The summed E-state index contributed by atoms with van der Waals surface area (Å²) in [5, 5.41) is 2.77. The van der Waals surface area contributed by atoms with Crippen LogP contribution in [0.25, 0.3) is 5.57 Å². The number of carbonyl (C=O) groups excluding carboxylic acids is 1. The first-order valence-electron chi connectivity index (χ1n) is 7.54. The molecule has 3 rings (SSSR count). The molecule has 1 heterocycles. The molecule has 0 atom stereocenters. The topological polar surface area (TPSA) is 75.3 Å². The Kier molecular flexibility index (Phi) is 3.82. The molecule has 1 aliphatic carbocycles. The van der Waals surface area contributed by atoms with Gasteiger partial charge in [-0.3, -0.25) is 4.79 Å². The molecule has 0 spiro atoms. The maximum absolute atomic E-state index is 12.5. The molecule has 6 heteroatoms. The lowest BCUT2D eigenvalue weighted by atomic mass is 10.0. The van der Waals surface area contributed by atoms with Gasteiger partial charge in [0.1, 0.15) is 0 Å². The van der Waals surface area contributed by atoms with Crippen molar-refractivity contribution in [3.05, 3.63) is 29.3 Å². The molecule has 1 aromatic carbocycles. The highest BCUT2D eigenvalue weighted by Gasteiger charge is 2.28. The number of hydrogen-bond acceptors (Lipinski definition) is 3. The quantitative estimate of drug-likeness (QED) is 0.841. The van der Waals surface area contributed by atoms with Gasteiger partial charge in [0, 0.05) is 22.9 Å². The summed E-state index contributed by atoms with van der Waals surface area (Å²) in [4.78, 5) is 12.2. The fraction of sp³-hybridized carbons (Fsp3) is 0.438. The molecule has 0 unspecified atom stereocenters. The van der Waals surface area contributed by atoms with Gasteiger partial charge in [-0.15, -0.1) is 0 Å². The van der Waals surface area contributed by atoms with E-state index in [1.54, 1.807) is 18.2 Å². The Morgan fingerprint density at radius 3 is 2.55 bits per heavy atom. The number of sulfonamides is 1. The van der Waals surface area contributed by atoms with E-state index in [1.165, 1.54) is 0 Å². The van der Waals surface area contributed by atoms with Crippen molar-refractivity contribution in [2.45, 2.75) is 50.5 Å². The highest BCUT2D eigenvalue weighted by atomic mass is 32.2. The fourth-order valence-electron chi connectivity index (χ4n) is 3.14. The Morgan fingerprint density at radius 2 is 1.91 bits per heavy atom. The summed E-state index contributed by atoms with van der Waals surface area (Å²) in [6.45, 7) is 3.70. The lowest BCUT2D eigenvalue weighted by molar-refractivity contribution is -0.110. The molecule has 0 aromatic heterocycles. The van der Waals surface area contributed by atoms with Crippen molar-refractivity contribution in [2.24, 2.45) is 0 Å². The smallest absolute Gasteiger partial charge is 0.256 e. The molecule has 118 valence electrons. The predicted octanol–water partition coefficient (Wildman–Crippen LogP) is 2.65. The predicted molar refractivity (Wildman–Crippen MR) is 85.9 cm³/mol. The Morgan fingerprint density at radius 1 is 1.23 bits per heavy atom. The minimum absolute atomic E-state index is 0.0286. The van der Waals surface area contributed by atoms with Gasteiger partial charge in [-0.25, -0.2) is 13.1 Å². The van der Waals surface area contributed by atoms with Gasteiger partial charge in [0.05, 0.1) is 4.90 Å². The van der Waals surface area contributed by atoms with E-state index in [0.717, 1.165) is 31.3 Å². The van der Waals surface area contributed by atoms with Gasteiger partial charge in [-0.2, -0.15) is 0 Å². The highest BCUT2D eigenvalue weighted by molar-refractivity contribution is 7.89. The maximum Gasteiger partial charge on any atom is 0.256 e. The number of anilines is 1. The fourth-order valence-corrected chi connectivity index (χ4v) is 4.47. The van der Waals surface area contributed by atoms with E-state index in [4.69, 9.17) is 0 Å². The normalized spacial score (nSPS) is 18.5. The van der Waals surface area contributed by atoms with E-state index >= 15 is 0 Å². The lowest BCUT2D eigenvalue weighted by Crippen LogP contribution is -2.32. The first-order chi connectivity index (χ1) is 10.4. The molecule has 5 nitrogen and oxygen atoms in total. The third-order valence-corrected chi connectivity index (χ3v) is 5.74. The first-order valence-corrected chi connectivity index (χ1v) is 9.02. The molecule has 2 aliphatic rings. The number of fused-ring (bicyclic) bond motifs is 1. The van der Waals surface area contributed by atoms with E-state index in [0.29, 0.717) is 16.8 Å². The summed E-state index contributed by atoms with van der Waals surface area (Å²) in [6.07, 6.45) is 3.92. The van der Waals surface area contributed by atoms with Gasteiger partial charge >= 0.3 is 0 Å². The number of hydrogen-bond donors (Lipinski definition) is 2. The summed E-state index contributed by atoms with van der Waals surface area (Å²) in [5.74, 6) is -0.173. The van der Waals surface area contributed by atoms with Crippen LogP contribution in [0, 0.1) is 0 Å². The van der Waals surface area contributed by atoms with Crippen LogP contribution in [-0.4, -0.2) is 20.4 Å². The third kappa shape index (κ3) is 2.68. The van der Waals surface area contributed by atoms with Gasteiger partial charge in [0.2, 0.25) is 10.0 Å². The van der Waals surface area contributed by atoms with Crippen molar-refractivity contribution < 1.29 is 13.2 Å². The Labute approximate surface area is 130 Å². The lowest BCUT2D eigenvalue weighted by Gasteiger charge is -2.13. The van der Waals surface area contributed by atoms with Crippen LogP contribution in [0.3, 0.4) is 0 Å². The average molecular weight is 320 g/mol. The SMILES string of the molecule is CC(C)=C1C(=O)Nc2ccc(S(=O)(=O)NC3CCCC3)cc21. The van der Waals surface area contributed by atoms with E-state index < -0.39 is 10.0 Å². The monoisotopic (exact) mass is 320 g/mol. The summed E-state index contributed by atoms with van der Waals surface area (Å²) in [6, 6.07) is 4.82. The van der Waals surface area contributed by atoms with Crippen molar-refractivity contribution in [3.63, 3.8) is 0 Å². The molecule has 0 radical (unpaired) electrons. The average Bonchev–Trinajstić information content (AvgIpc) is 3.03. The largest absolute Gasteiger partial charge is 0.321 e. The summed E-state index contributed by atoms with van der Waals surface area (Å²) in [5.41, 5.74) is 2.77. The Hall–Kier alpha value is -1.66. The van der Waals surface area contributed by atoms with Crippen molar-refractivity contribution >= 4 is 27.2 Å². The van der Waals surface area contributed by atoms with Crippen molar-refractivity contribution in [2.75, 3.05) is 5.32 Å². The minimum atomic E-state index is -3.54. The van der Waals surface area contributed by atoms with Gasteiger partial charge in [0.25, 0.3) is 5.91 Å². The number of allylic oxidation sites excluding steroid dienone is 1. The van der Waals surface area contributed by atoms with Crippen LogP contribution < -0.4 is 10.0 Å². The number of nitrogens with one attached hydrogen (secondary N) is 2. The summed E-state index contributed by atoms with van der Waals surface area (Å²) < 4.78 is 27.8. The van der Waals surface area contributed by atoms with Gasteiger partial charge in [0.15, 0.2) is 0 Å². The second-order valence-corrected chi connectivity index (χ2v) is 7.85. The molecule has 22 heavy (non-hydrogen) atoms. The number of amides is 1. The molecule has 1 aromatic rings.